The number of benzene rings is 1. The molecule has 0 aliphatic heterocycles. The number of esters is 1. The van der Waals surface area contributed by atoms with Crippen molar-refractivity contribution < 1.29 is 22.7 Å². The van der Waals surface area contributed by atoms with Crippen LogP contribution in [0.3, 0.4) is 0 Å². The van der Waals surface area contributed by atoms with Crippen LogP contribution in [0.2, 0.25) is 0 Å². The lowest BCUT2D eigenvalue weighted by Crippen LogP contribution is -2.24. The predicted octanol–water partition coefficient (Wildman–Crippen LogP) is 1.88. The van der Waals surface area contributed by atoms with Crippen molar-refractivity contribution >= 4 is 38.2 Å². The number of nitrogens with zero attached hydrogens (tertiary/aromatic N) is 1. The average Bonchev–Trinajstić information content (AvgIpc) is 3.11. The molecule has 0 aliphatic rings. The summed E-state index contributed by atoms with van der Waals surface area (Å²) in [4.78, 5) is 23.8. The molecule has 0 atom stereocenters. The topological polar surface area (TPSA) is 125 Å². The summed E-state index contributed by atoms with van der Waals surface area (Å²) < 4.78 is 31.3. The molecule has 0 bridgehead atoms. The van der Waals surface area contributed by atoms with Crippen molar-refractivity contribution in [1.82, 2.24) is 4.72 Å². The summed E-state index contributed by atoms with van der Waals surface area (Å²) >= 11 is 1.17. The van der Waals surface area contributed by atoms with E-state index in [4.69, 9.17) is 10.00 Å². The zero-order chi connectivity index (χ0) is 19.9. The molecule has 0 aliphatic carbocycles. The van der Waals surface area contributed by atoms with Crippen molar-refractivity contribution in [3.8, 4) is 6.07 Å². The van der Waals surface area contributed by atoms with E-state index >= 15 is 0 Å². The Hall–Kier alpha value is -3.00. The number of rotatable bonds is 8. The van der Waals surface area contributed by atoms with Crippen LogP contribution in [0.1, 0.15) is 15.9 Å². The average molecular weight is 405 g/mol. The number of carbonyl (C=O) groups is 2. The predicted molar refractivity (Wildman–Crippen MR) is 99.8 cm³/mol. The van der Waals surface area contributed by atoms with Crippen LogP contribution in [0.4, 0.5) is 5.00 Å². The second kappa shape index (κ2) is 9.09. The molecule has 1 aromatic carbocycles. The maximum absolute atomic E-state index is 12.1. The molecule has 2 rings (SSSR count). The normalized spacial score (nSPS) is 10.6. The van der Waals surface area contributed by atoms with E-state index in [2.05, 4.69) is 16.6 Å². The molecule has 8 nitrogen and oxygen atoms in total. The first-order valence-electron chi connectivity index (χ1n) is 7.52. The third-order valence-electron chi connectivity index (χ3n) is 3.17. The van der Waals surface area contributed by atoms with Crippen molar-refractivity contribution in [3.63, 3.8) is 0 Å². The van der Waals surface area contributed by atoms with Gasteiger partial charge in [0, 0.05) is 6.54 Å². The zero-order valence-corrected chi connectivity index (χ0v) is 15.6. The lowest BCUT2D eigenvalue weighted by molar-refractivity contribution is -0.119. The first kappa shape index (κ1) is 20.3. The standard InChI is InChI=1S/C17H15N3O5S2/c1-2-7-19-27(23,24)14-5-3-4-12(9-14)17(22)25-11-15(21)20-16-13(10-18)6-8-26-16/h2-6,8-9,19H,1,7,11H2,(H,20,21). The molecule has 140 valence electrons. The zero-order valence-electron chi connectivity index (χ0n) is 14.0. The minimum atomic E-state index is -3.79. The van der Waals surface area contributed by atoms with Crippen LogP contribution in [0.25, 0.3) is 0 Å². The van der Waals surface area contributed by atoms with Gasteiger partial charge in [-0.25, -0.2) is 17.9 Å². The highest BCUT2D eigenvalue weighted by Gasteiger charge is 2.17. The maximum atomic E-state index is 12.1. The van der Waals surface area contributed by atoms with Gasteiger partial charge in [0.05, 0.1) is 16.0 Å². The second-order valence-electron chi connectivity index (χ2n) is 5.07. The molecule has 1 aromatic heterocycles. The van der Waals surface area contributed by atoms with E-state index in [-0.39, 0.29) is 17.0 Å². The van der Waals surface area contributed by atoms with Gasteiger partial charge < -0.3 is 10.1 Å². The Kier molecular flexibility index (Phi) is 6.84. The van der Waals surface area contributed by atoms with E-state index in [1.165, 1.54) is 35.6 Å². The second-order valence-corrected chi connectivity index (χ2v) is 7.75. The summed E-state index contributed by atoms with van der Waals surface area (Å²) in [6.07, 6.45) is 1.39. The number of hydrogen-bond donors (Lipinski definition) is 2. The van der Waals surface area contributed by atoms with Gasteiger partial charge in [0.2, 0.25) is 10.0 Å². The molecule has 10 heteroatoms. The highest BCUT2D eigenvalue weighted by atomic mass is 32.2. The van der Waals surface area contributed by atoms with Crippen LogP contribution in [0.5, 0.6) is 0 Å². The fraction of sp³-hybridized carbons (Fsp3) is 0.118. The number of ether oxygens (including phenoxy) is 1. The van der Waals surface area contributed by atoms with E-state index in [0.29, 0.717) is 10.6 Å². The summed E-state index contributed by atoms with van der Waals surface area (Å²) in [5.74, 6) is -1.46. The molecule has 2 N–H and O–H groups in total. The number of nitriles is 1. The van der Waals surface area contributed by atoms with E-state index in [1.54, 1.807) is 11.4 Å². The SMILES string of the molecule is C=CCNS(=O)(=O)c1cccc(C(=O)OCC(=O)Nc2sccc2C#N)c1. The molecule has 1 heterocycles. The van der Waals surface area contributed by atoms with E-state index in [0.717, 1.165) is 6.07 Å². The molecule has 0 fully saturated rings. The minimum Gasteiger partial charge on any atom is -0.452 e. The highest BCUT2D eigenvalue weighted by molar-refractivity contribution is 7.89. The van der Waals surface area contributed by atoms with Crippen LogP contribution < -0.4 is 10.0 Å². The Labute approximate surface area is 160 Å². The number of anilines is 1. The summed E-state index contributed by atoms with van der Waals surface area (Å²) in [6.45, 7) is 2.90. The number of amides is 1. The summed E-state index contributed by atoms with van der Waals surface area (Å²) in [5.41, 5.74) is 0.294. The van der Waals surface area contributed by atoms with Crippen LogP contribution in [0.15, 0.2) is 53.3 Å². The third-order valence-corrected chi connectivity index (χ3v) is 5.42. The van der Waals surface area contributed by atoms with E-state index in [1.807, 2.05) is 6.07 Å². The molecule has 1 amide bonds. The van der Waals surface area contributed by atoms with E-state index < -0.39 is 28.5 Å². The van der Waals surface area contributed by atoms with Crippen LogP contribution >= 0.6 is 11.3 Å². The Morgan fingerprint density at radius 1 is 1.33 bits per heavy atom. The van der Waals surface area contributed by atoms with Gasteiger partial charge in [-0.1, -0.05) is 12.1 Å². The monoisotopic (exact) mass is 405 g/mol. The number of thiophene rings is 1. The van der Waals surface area contributed by atoms with Gasteiger partial charge in [-0.2, -0.15) is 5.26 Å². The largest absolute Gasteiger partial charge is 0.452 e. The van der Waals surface area contributed by atoms with Gasteiger partial charge >= 0.3 is 5.97 Å². The van der Waals surface area contributed by atoms with Crippen molar-refractivity contribution in [2.24, 2.45) is 0 Å². The van der Waals surface area contributed by atoms with Gasteiger partial charge in [-0.15, -0.1) is 17.9 Å². The summed E-state index contributed by atoms with van der Waals surface area (Å²) in [7, 11) is -3.79. The molecular formula is C17H15N3O5S2. The van der Waals surface area contributed by atoms with Crippen molar-refractivity contribution in [1.29, 1.82) is 5.26 Å². The third kappa shape index (κ3) is 5.49. The first-order valence-corrected chi connectivity index (χ1v) is 9.89. The van der Waals surface area contributed by atoms with E-state index in [9.17, 15) is 18.0 Å². The van der Waals surface area contributed by atoms with Crippen molar-refractivity contribution in [2.75, 3.05) is 18.5 Å². The van der Waals surface area contributed by atoms with Gasteiger partial charge in [0.1, 0.15) is 11.1 Å². The lowest BCUT2D eigenvalue weighted by Gasteiger charge is -2.08. The van der Waals surface area contributed by atoms with Crippen molar-refractivity contribution in [3.05, 3.63) is 59.5 Å². The van der Waals surface area contributed by atoms with Gasteiger partial charge in [0.15, 0.2) is 6.61 Å². The molecule has 0 saturated carbocycles. The number of sulfonamides is 1. The Morgan fingerprint density at radius 2 is 2.11 bits per heavy atom. The Bertz CT molecular complexity index is 1010. The number of hydrogen-bond acceptors (Lipinski definition) is 7. The molecular weight excluding hydrogens is 390 g/mol. The Balaban J connectivity index is 2.00. The van der Waals surface area contributed by atoms with Gasteiger partial charge in [0.25, 0.3) is 5.91 Å². The van der Waals surface area contributed by atoms with Gasteiger partial charge in [-0.3, -0.25) is 4.79 Å². The van der Waals surface area contributed by atoms with Crippen LogP contribution in [-0.2, 0) is 19.6 Å². The minimum absolute atomic E-state index is 0.0156. The summed E-state index contributed by atoms with van der Waals surface area (Å²) in [5, 5.41) is 13.4. The number of nitrogens with one attached hydrogen (secondary N) is 2. The highest BCUT2D eigenvalue weighted by Crippen LogP contribution is 2.21. The molecule has 0 spiro atoms. The Morgan fingerprint density at radius 3 is 2.81 bits per heavy atom. The smallest absolute Gasteiger partial charge is 0.338 e. The molecule has 0 saturated heterocycles. The quantitative estimate of drug-likeness (QED) is 0.510. The van der Waals surface area contributed by atoms with Crippen LogP contribution in [-0.4, -0.2) is 33.4 Å². The molecule has 0 radical (unpaired) electrons. The van der Waals surface area contributed by atoms with Gasteiger partial charge in [-0.05, 0) is 29.6 Å². The fourth-order valence-electron chi connectivity index (χ4n) is 1.91. The number of carbonyl (C=O) groups excluding carboxylic acids is 2. The first-order chi connectivity index (χ1) is 12.9. The molecule has 0 unspecified atom stereocenters. The fourth-order valence-corrected chi connectivity index (χ4v) is 3.71. The van der Waals surface area contributed by atoms with Crippen LogP contribution in [0, 0.1) is 11.3 Å². The lowest BCUT2D eigenvalue weighted by atomic mass is 10.2. The summed E-state index contributed by atoms with van der Waals surface area (Å²) in [6, 6.07) is 8.73. The molecule has 27 heavy (non-hydrogen) atoms. The maximum Gasteiger partial charge on any atom is 0.338 e. The van der Waals surface area contributed by atoms with Crippen molar-refractivity contribution in [2.45, 2.75) is 4.90 Å². The molecule has 2 aromatic rings.